The molecule has 1 aromatic carbocycles. The van der Waals surface area contributed by atoms with Crippen molar-refractivity contribution in [2.24, 2.45) is 0 Å². The van der Waals surface area contributed by atoms with E-state index in [2.05, 4.69) is 5.32 Å². The first-order chi connectivity index (χ1) is 17.2. The molecule has 3 atom stereocenters. The Kier molecular flexibility index (Phi) is 20.2. The number of hydrogen-bond donors (Lipinski definition) is 8. The average Bonchev–Trinajstić information content (AvgIpc) is 2.84. The lowest BCUT2D eigenvalue weighted by Crippen LogP contribution is -2.39. The molecule has 37 heavy (non-hydrogen) atoms. The second kappa shape index (κ2) is 20.8. The molecule has 14 nitrogen and oxygen atoms in total. The summed E-state index contributed by atoms with van der Waals surface area (Å²) in [6.45, 7) is 5.67. The Balaban J connectivity index is 0. The molecule has 1 aromatic rings. The summed E-state index contributed by atoms with van der Waals surface area (Å²) in [5.74, 6) is -4.91. The van der Waals surface area contributed by atoms with Crippen LogP contribution in [0.3, 0.4) is 0 Å². The van der Waals surface area contributed by atoms with Gasteiger partial charge in [-0.3, -0.25) is 9.59 Å². The summed E-state index contributed by atoms with van der Waals surface area (Å²) in [5.41, 5.74) is 1.22. The Bertz CT molecular complexity index is 766. The van der Waals surface area contributed by atoms with Crippen molar-refractivity contribution in [2.45, 2.75) is 57.5 Å². The van der Waals surface area contributed by atoms with Gasteiger partial charge in [-0.1, -0.05) is 26.0 Å². The van der Waals surface area contributed by atoms with Gasteiger partial charge in [0.15, 0.2) is 12.2 Å². The molecule has 1 rings (SSSR count). The van der Waals surface area contributed by atoms with Crippen LogP contribution in [-0.4, -0.2) is 111 Å². The predicted octanol–water partition coefficient (Wildman–Crippen LogP) is -0.574. The fraction of sp³-hybridized carbons (Fsp3) is 0.565. The largest absolute Gasteiger partial charge is 0.491 e. The summed E-state index contributed by atoms with van der Waals surface area (Å²) >= 11 is 0. The molecular weight excluding hydrogens is 498 g/mol. The SMILES string of the molecule is COCCc1ccc(OCC(O)CNC(C)C)cc1.O=C(O)CCC(=O)O.O=C(O)[C@H](O)[C@@H](O)C(=O)O. The van der Waals surface area contributed by atoms with Gasteiger partial charge >= 0.3 is 23.9 Å². The van der Waals surface area contributed by atoms with Gasteiger partial charge in [0, 0.05) is 19.7 Å². The molecule has 0 radical (unpaired) electrons. The van der Waals surface area contributed by atoms with Crippen LogP contribution in [-0.2, 0) is 30.3 Å². The number of methoxy groups -OCH3 is 1. The Labute approximate surface area is 214 Å². The van der Waals surface area contributed by atoms with Gasteiger partial charge in [-0.2, -0.15) is 0 Å². The van der Waals surface area contributed by atoms with Gasteiger partial charge < -0.3 is 50.5 Å². The Morgan fingerprint density at radius 1 is 0.838 bits per heavy atom. The van der Waals surface area contributed by atoms with Crippen molar-refractivity contribution < 1.29 is 64.4 Å². The van der Waals surface area contributed by atoms with Crippen LogP contribution >= 0.6 is 0 Å². The highest BCUT2D eigenvalue weighted by Crippen LogP contribution is 2.13. The van der Waals surface area contributed by atoms with E-state index >= 15 is 0 Å². The van der Waals surface area contributed by atoms with E-state index in [1.54, 1.807) is 7.11 Å². The Morgan fingerprint density at radius 2 is 1.30 bits per heavy atom. The summed E-state index contributed by atoms with van der Waals surface area (Å²) in [7, 11) is 1.70. The average molecular weight is 536 g/mol. The summed E-state index contributed by atoms with van der Waals surface area (Å²) in [6.07, 6.45) is -4.71. The number of aliphatic hydroxyl groups excluding tert-OH is 3. The first-order valence-electron chi connectivity index (χ1n) is 11.1. The number of ether oxygens (including phenoxy) is 2. The van der Waals surface area contributed by atoms with Gasteiger partial charge in [-0.15, -0.1) is 0 Å². The van der Waals surface area contributed by atoms with Crippen LogP contribution in [0.25, 0.3) is 0 Å². The fourth-order valence-corrected chi connectivity index (χ4v) is 2.08. The Hall–Kier alpha value is -3.30. The van der Waals surface area contributed by atoms with Gasteiger partial charge in [0.05, 0.1) is 19.4 Å². The predicted molar refractivity (Wildman–Crippen MR) is 128 cm³/mol. The van der Waals surface area contributed by atoms with Crippen molar-refractivity contribution in [3.8, 4) is 5.75 Å². The topological polar surface area (TPSA) is 240 Å². The van der Waals surface area contributed by atoms with Crippen molar-refractivity contribution >= 4 is 23.9 Å². The third-order valence-corrected chi connectivity index (χ3v) is 4.08. The first-order valence-corrected chi connectivity index (χ1v) is 11.1. The van der Waals surface area contributed by atoms with E-state index in [4.69, 9.17) is 40.1 Å². The standard InChI is InChI=1S/C15H25NO3.C4H6O6.C4H6O4/c1-12(2)16-10-14(17)11-19-15-6-4-13(5-7-15)8-9-18-3;5-1(3(7)8)2(6)4(9)10;5-3(6)1-2-4(7)8/h4-7,12,14,16-17H,8-11H2,1-3H3;1-2,5-6H,(H,7,8)(H,9,10);1-2H2,(H,5,6)(H,7,8)/t;1-,2-;/m.1./s1. The zero-order chi connectivity index (χ0) is 29.0. The second-order valence-corrected chi connectivity index (χ2v) is 7.77. The number of hydrogen-bond acceptors (Lipinski definition) is 10. The van der Waals surface area contributed by atoms with Crippen molar-refractivity contribution in [1.29, 1.82) is 0 Å². The number of carboxylic acids is 4. The lowest BCUT2D eigenvalue weighted by molar-refractivity contribution is -0.165. The second-order valence-electron chi connectivity index (χ2n) is 7.77. The molecule has 0 aliphatic heterocycles. The van der Waals surface area contributed by atoms with Gasteiger partial charge in [0.2, 0.25) is 0 Å². The highest BCUT2D eigenvalue weighted by Gasteiger charge is 2.29. The number of benzene rings is 1. The zero-order valence-electron chi connectivity index (χ0n) is 20.9. The summed E-state index contributed by atoms with van der Waals surface area (Å²) in [4.78, 5) is 38.8. The van der Waals surface area contributed by atoms with E-state index < -0.39 is 42.2 Å². The molecule has 0 saturated carbocycles. The van der Waals surface area contributed by atoms with E-state index in [1.165, 1.54) is 5.56 Å². The Morgan fingerprint density at radius 3 is 1.65 bits per heavy atom. The minimum Gasteiger partial charge on any atom is -0.491 e. The number of rotatable bonds is 15. The molecule has 0 spiro atoms. The van der Waals surface area contributed by atoms with Crippen molar-refractivity contribution in [1.82, 2.24) is 5.32 Å². The van der Waals surface area contributed by atoms with Gasteiger partial charge in [-0.25, -0.2) is 9.59 Å². The van der Waals surface area contributed by atoms with Crippen LogP contribution in [0.4, 0.5) is 0 Å². The highest BCUT2D eigenvalue weighted by atomic mass is 16.5. The summed E-state index contributed by atoms with van der Waals surface area (Å²) in [6, 6.07) is 8.26. The maximum Gasteiger partial charge on any atom is 0.335 e. The van der Waals surface area contributed by atoms with Crippen molar-refractivity contribution in [2.75, 3.05) is 26.9 Å². The molecule has 8 N–H and O–H groups in total. The maximum absolute atomic E-state index is 9.77. The van der Waals surface area contributed by atoms with Crippen LogP contribution < -0.4 is 10.1 Å². The third kappa shape index (κ3) is 21.7. The molecule has 0 amide bonds. The zero-order valence-corrected chi connectivity index (χ0v) is 20.9. The minimum absolute atomic E-state index is 0.296. The molecule has 0 fully saturated rings. The lowest BCUT2D eigenvalue weighted by Gasteiger charge is -2.15. The van der Waals surface area contributed by atoms with Gasteiger partial charge in [0.25, 0.3) is 0 Å². The highest BCUT2D eigenvalue weighted by molar-refractivity contribution is 5.83. The van der Waals surface area contributed by atoms with Crippen LogP contribution in [0.15, 0.2) is 24.3 Å². The molecule has 0 aliphatic rings. The van der Waals surface area contributed by atoms with Crippen LogP contribution in [0.2, 0.25) is 0 Å². The number of carboxylic acid groups (broad SMARTS) is 4. The summed E-state index contributed by atoms with van der Waals surface area (Å²) in [5, 5.41) is 61.2. The quantitative estimate of drug-likeness (QED) is 0.140. The smallest absolute Gasteiger partial charge is 0.335 e. The number of carbonyl (C=O) groups is 4. The molecule has 14 heteroatoms. The van der Waals surface area contributed by atoms with Crippen LogP contribution in [0.1, 0.15) is 32.3 Å². The molecule has 0 aliphatic carbocycles. The van der Waals surface area contributed by atoms with E-state index in [9.17, 15) is 24.3 Å². The summed E-state index contributed by atoms with van der Waals surface area (Å²) < 4.78 is 10.6. The van der Waals surface area contributed by atoms with Crippen molar-refractivity contribution in [3.63, 3.8) is 0 Å². The maximum atomic E-state index is 9.77. The molecule has 1 unspecified atom stereocenters. The van der Waals surface area contributed by atoms with Crippen LogP contribution in [0, 0.1) is 0 Å². The molecular formula is C23H37NO13. The number of aliphatic hydroxyl groups is 3. The molecule has 0 bridgehead atoms. The number of aliphatic carboxylic acids is 4. The fourth-order valence-electron chi connectivity index (χ4n) is 2.08. The first kappa shape index (κ1) is 35.9. The van der Waals surface area contributed by atoms with E-state index in [-0.39, 0.29) is 12.8 Å². The molecule has 0 saturated heterocycles. The van der Waals surface area contributed by atoms with Gasteiger partial charge in [-0.05, 0) is 24.1 Å². The molecule has 0 aromatic heterocycles. The minimum atomic E-state index is -2.27. The van der Waals surface area contributed by atoms with Gasteiger partial charge in [0.1, 0.15) is 18.5 Å². The third-order valence-electron chi connectivity index (χ3n) is 4.08. The van der Waals surface area contributed by atoms with Crippen molar-refractivity contribution in [3.05, 3.63) is 29.8 Å². The molecule has 212 valence electrons. The lowest BCUT2D eigenvalue weighted by atomic mass is 10.1. The monoisotopic (exact) mass is 535 g/mol. The normalized spacial score (nSPS) is 12.6. The van der Waals surface area contributed by atoms with E-state index in [1.807, 2.05) is 38.1 Å². The van der Waals surface area contributed by atoms with E-state index in [0.29, 0.717) is 19.2 Å². The number of nitrogens with one attached hydrogen (secondary N) is 1. The van der Waals surface area contributed by atoms with E-state index in [0.717, 1.165) is 18.8 Å². The van der Waals surface area contributed by atoms with Crippen LogP contribution in [0.5, 0.6) is 5.75 Å². The molecule has 0 heterocycles.